The molecule has 0 amide bonds. The zero-order valence-electron chi connectivity index (χ0n) is 7.38. The Morgan fingerprint density at radius 2 is 1.23 bits per heavy atom. The zero-order valence-corrected chi connectivity index (χ0v) is 7.38. The fourth-order valence-electron chi connectivity index (χ4n) is 3.34. The van der Waals surface area contributed by atoms with Gasteiger partial charge in [-0.3, -0.25) is 0 Å². The van der Waals surface area contributed by atoms with Gasteiger partial charge in [0.2, 0.25) is 0 Å². The summed E-state index contributed by atoms with van der Waals surface area (Å²) in [5.41, 5.74) is 0. The molecule has 3 aliphatic rings. The smallest absolute Gasteiger partial charge is 0.0759 e. The number of fused-ring (bicyclic) bond motifs is 5. The Labute approximate surface area is 77.6 Å². The summed E-state index contributed by atoms with van der Waals surface area (Å²) in [5, 5.41) is 19.6. The summed E-state index contributed by atoms with van der Waals surface area (Å²) in [6.45, 7) is 0. The molecule has 2 heteroatoms. The maximum Gasteiger partial charge on any atom is 0.0759 e. The molecule has 0 aromatic rings. The highest BCUT2D eigenvalue weighted by molar-refractivity contribution is 5.22. The quantitative estimate of drug-likeness (QED) is 0.536. The van der Waals surface area contributed by atoms with E-state index in [0.29, 0.717) is 11.8 Å². The van der Waals surface area contributed by atoms with Crippen molar-refractivity contribution in [1.29, 1.82) is 0 Å². The van der Waals surface area contributed by atoms with E-state index >= 15 is 0 Å². The topological polar surface area (TPSA) is 40.5 Å². The van der Waals surface area contributed by atoms with Crippen LogP contribution in [0.1, 0.15) is 6.42 Å². The molecule has 2 N–H and O–H groups in total. The molecular weight excluding hydrogens is 164 g/mol. The number of aliphatic hydroxyl groups excluding tert-OH is 2. The first kappa shape index (κ1) is 7.77. The summed E-state index contributed by atoms with van der Waals surface area (Å²) < 4.78 is 0. The fourth-order valence-corrected chi connectivity index (χ4v) is 3.34. The summed E-state index contributed by atoms with van der Waals surface area (Å²) in [6, 6.07) is 0. The van der Waals surface area contributed by atoms with Crippen molar-refractivity contribution in [1.82, 2.24) is 0 Å². The standard InChI is InChI=1S/C11H14O2/c12-8-3-4-9(13)11-7-2-1-6(5-7)10(8)11/h1-4,6-13H,5H2/t6-,7+,8+,9-,10+,11-. The first-order valence-electron chi connectivity index (χ1n) is 5.00. The van der Waals surface area contributed by atoms with Gasteiger partial charge in [0.05, 0.1) is 12.2 Å². The van der Waals surface area contributed by atoms with Gasteiger partial charge in [0.15, 0.2) is 0 Å². The summed E-state index contributed by atoms with van der Waals surface area (Å²) in [7, 11) is 0. The second kappa shape index (κ2) is 2.46. The van der Waals surface area contributed by atoms with Gasteiger partial charge in [0, 0.05) is 11.8 Å². The van der Waals surface area contributed by atoms with Crippen LogP contribution in [0.3, 0.4) is 0 Å². The largest absolute Gasteiger partial charge is 0.389 e. The number of allylic oxidation sites excluding steroid dienone is 2. The predicted octanol–water partition coefficient (Wildman–Crippen LogP) is 0.716. The van der Waals surface area contributed by atoms with E-state index < -0.39 is 0 Å². The van der Waals surface area contributed by atoms with Crippen LogP contribution in [0.15, 0.2) is 24.3 Å². The van der Waals surface area contributed by atoms with Gasteiger partial charge in [0.25, 0.3) is 0 Å². The van der Waals surface area contributed by atoms with Crippen LogP contribution in [0, 0.1) is 23.7 Å². The average Bonchev–Trinajstić information content (AvgIpc) is 2.70. The van der Waals surface area contributed by atoms with E-state index in [1.165, 1.54) is 0 Å². The van der Waals surface area contributed by atoms with Crippen molar-refractivity contribution in [2.45, 2.75) is 18.6 Å². The molecular formula is C11H14O2. The van der Waals surface area contributed by atoms with Crippen molar-refractivity contribution in [2.24, 2.45) is 23.7 Å². The third kappa shape index (κ3) is 0.903. The lowest BCUT2D eigenvalue weighted by Gasteiger charge is -2.36. The molecule has 0 aromatic carbocycles. The van der Waals surface area contributed by atoms with Crippen molar-refractivity contribution >= 4 is 0 Å². The predicted molar refractivity (Wildman–Crippen MR) is 48.9 cm³/mol. The molecule has 0 saturated heterocycles. The van der Waals surface area contributed by atoms with Gasteiger partial charge >= 0.3 is 0 Å². The number of aliphatic hydroxyl groups is 2. The Morgan fingerprint density at radius 1 is 0.769 bits per heavy atom. The van der Waals surface area contributed by atoms with Gasteiger partial charge in [-0.05, 0) is 18.3 Å². The SMILES string of the molecule is O[C@@H]1C=C[C@H](O)[C@H]2[C@@H]1[C@H]1C=C[C@@H]2C1. The van der Waals surface area contributed by atoms with Gasteiger partial charge in [-0.25, -0.2) is 0 Å². The summed E-state index contributed by atoms with van der Waals surface area (Å²) >= 11 is 0. The van der Waals surface area contributed by atoms with Crippen LogP contribution < -0.4 is 0 Å². The van der Waals surface area contributed by atoms with Gasteiger partial charge in [-0.1, -0.05) is 24.3 Å². The molecule has 0 radical (unpaired) electrons. The Morgan fingerprint density at radius 3 is 1.69 bits per heavy atom. The highest BCUT2D eigenvalue weighted by Gasteiger charge is 2.50. The first-order chi connectivity index (χ1) is 6.27. The molecule has 0 aliphatic heterocycles. The molecule has 0 aromatic heterocycles. The first-order valence-corrected chi connectivity index (χ1v) is 5.00. The minimum atomic E-state index is -0.339. The lowest BCUT2D eigenvalue weighted by molar-refractivity contribution is 0.0277. The molecule has 1 fully saturated rings. The molecule has 3 rings (SSSR count). The lowest BCUT2D eigenvalue weighted by atomic mass is 9.73. The second-order valence-electron chi connectivity index (χ2n) is 4.47. The van der Waals surface area contributed by atoms with E-state index in [2.05, 4.69) is 12.2 Å². The molecule has 1 saturated carbocycles. The normalized spacial score (nSPS) is 57.1. The van der Waals surface area contributed by atoms with E-state index in [4.69, 9.17) is 0 Å². The van der Waals surface area contributed by atoms with Crippen LogP contribution in [0.2, 0.25) is 0 Å². The summed E-state index contributed by atoms with van der Waals surface area (Å²) in [6.07, 6.45) is 8.37. The van der Waals surface area contributed by atoms with Crippen molar-refractivity contribution in [2.75, 3.05) is 0 Å². The zero-order chi connectivity index (χ0) is 9.00. The third-order valence-corrected chi connectivity index (χ3v) is 3.88. The van der Waals surface area contributed by atoms with E-state index in [1.807, 2.05) is 0 Å². The highest BCUT2D eigenvalue weighted by Crippen LogP contribution is 2.52. The fraction of sp³-hybridized carbons (Fsp3) is 0.636. The third-order valence-electron chi connectivity index (χ3n) is 3.88. The number of hydrogen-bond acceptors (Lipinski definition) is 2. The molecule has 0 heterocycles. The molecule has 70 valence electrons. The van der Waals surface area contributed by atoms with Crippen molar-refractivity contribution in [3.05, 3.63) is 24.3 Å². The highest BCUT2D eigenvalue weighted by atomic mass is 16.3. The Balaban J connectivity index is 2.00. The van der Waals surface area contributed by atoms with Gasteiger partial charge in [-0.2, -0.15) is 0 Å². The van der Waals surface area contributed by atoms with Gasteiger partial charge in [-0.15, -0.1) is 0 Å². The molecule has 2 nitrogen and oxygen atoms in total. The molecule has 0 spiro atoms. The van der Waals surface area contributed by atoms with E-state index in [0.717, 1.165) is 6.42 Å². The van der Waals surface area contributed by atoms with Crippen LogP contribution in [0.5, 0.6) is 0 Å². The maximum atomic E-state index is 9.79. The summed E-state index contributed by atoms with van der Waals surface area (Å²) in [5.74, 6) is 1.55. The Hall–Kier alpha value is -0.600. The molecule has 2 bridgehead atoms. The Bertz CT molecular complexity index is 256. The van der Waals surface area contributed by atoms with E-state index in [9.17, 15) is 10.2 Å². The summed E-state index contributed by atoms with van der Waals surface area (Å²) in [4.78, 5) is 0. The Kier molecular flexibility index (Phi) is 1.47. The van der Waals surface area contributed by atoms with Crippen LogP contribution in [0.4, 0.5) is 0 Å². The van der Waals surface area contributed by atoms with Crippen molar-refractivity contribution in [3.63, 3.8) is 0 Å². The lowest BCUT2D eigenvalue weighted by Crippen LogP contribution is -2.39. The second-order valence-corrected chi connectivity index (χ2v) is 4.47. The van der Waals surface area contributed by atoms with E-state index in [-0.39, 0.29) is 24.0 Å². The van der Waals surface area contributed by atoms with Crippen LogP contribution in [-0.2, 0) is 0 Å². The molecule has 13 heavy (non-hydrogen) atoms. The van der Waals surface area contributed by atoms with Crippen molar-refractivity contribution < 1.29 is 10.2 Å². The number of hydrogen-bond donors (Lipinski definition) is 2. The molecule has 0 unspecified atom stereocenters. The maximum absolute atomic E-state index is 9.79. The minimum absolute atomic E-state index is 0.273. The van der Waals surface area contributed by atoms with Crippen LogP contribution >= 0.6 is 0 Å². The van der Waals surface area contributed by atoms with Crippen molar-refractivity contribution in [3.8, 4) is 0 Å². The van der Waals surface area contributed by atoms with Crippen LogP contribution in [-0.4, -0.2) is 22.4 Å². The molecule has 3 aliphatic carbocycles. The molecule has 6 atom stereocenters. The monoisotopic (exact) mass is 178 g/mol. The van der Waals surface area contributed by atoms with Gasteiger partial charge in [0.1, 0.15) is 0 Å². The van der Waals surface area contributed by atoms with Crippen LogP contribution in [0.25, 0.3) is 0 Å². The number of rotatable bonds is 0. The average molecular weight is 178 g/mol. The van der Waals surface area contributed by atoms with E-state index in [1.54, 1.807) is 12.2 Å². The van der Waals surface area contributed by atoms with Gasteiger partial charge < -0.3 is 10.2 Å². The minimum Gasteiger partial charge on any atom is -0.389 e.